The van der Waals surface area contributed by atoms with Crippen LogP contribution in [0, 0.1) is 29.1 Å². The Hall–Kier alpha value is -13.5. The largest absolute Gasteiger partial charge is 0.493 e. The van der Waals surface area contributed by atoms with Crippen molar-refractivity contribution in [2.75, 3.05) is 27.9 Å². The Morgan fingerprint density at radius 2 is 0.771 bits per heavy atom. The molecule has 0 aliphatic carbocycles. The van der Waals surface area contributed by atoms with Gasteiger partial charge in [0.2, 0.25) is 0 Å². The molecule has 26 nitrogen and oxygen atoms in total. The van der Waals surface area contributed by atoms with Crippen LogP contribution in [0.4, 0.5) is 41.9 Å². The fraction of sp³-hybridized carbons (Fsp3) is 0.193. The number of anilines is 4. The fourth-order valence-corrected chi connectivity index (χ4v) is 11.7. The minimum absolute atomic E-state index is 0.110. The number of carbonyl (C=O) groups is 8. The Morgan fingerprint density at radius 3 is 1.24 bits per heavy atom. The first-order chi connectivity index (χ1) is 52.5. The van der Waals surface area contributed by atoms with Gasteiger partial charge in [-0.2, -0.15) is 5.26 Å². The highest BCUT2D eigenvalue weighted by atomic mass is 16.5. The first kappa shape index (κ1) is 81.2. The lowest BCUT2D eigenvalue weighted by molar-refractivity contribution is 0.0702. The molecule has 10 aromatic carbocycles. The smallest absolute Gasteiger partial charge is 0.319 e. The lowest BCUT2D eigenvalue weighted by Crippen LogP contribution is -2.35. The second-order valence-corrected chi connectivity index (χ2v) is 26.1. The summed E-state index contributed by atoms with van der Waals surface area (Å²) in [6.45, 7) is 14.5. The van der Waals surface area contributed by atoms with Crippen LogP contribution in [0.15, 0.2) is 237 Å². The number of para-hydroxylation sites is 1. The summed E-state index contributed by atoms with van der Waals surface area (Å²) in [6.07, 6.45) is 0.842. The van der Waals surface area contributed by atoms with Crippen LogP contribution in [-0.2, 0) is 6.42 Å². The molecule has 10 aromatic rings. The van der Waals surface area contributed by atoms with E-state index in [9.17, 15) is 38.4 Å². The summed E-state index contributed by atoms with van der Waals surface area (Å²) in [5.41, 5.74) is 17.5. The number of amides is 12. The van der Waals surface area contributed by atoms with Crippen LogP contribution >= 0.6 is 0 Å². The zero-order chi connectivity index (χ0) is 78.5. The van der Waals surface area contributed by atoms with Crippen molar-refractivity contribution < 1.29 is 63.9 Å². The maximum Gasteiger partial charge on any atom is 0.319 e. The molecule has 0 radical (unpaired) electrons. The molecule has 0 saturated carbocycles. The minimum atomic E-state index is -0.593. The Balaban J connectivity index is 0.000000183. The molecule has 0 fully saturated rings. The number of carbonyl (C=O) groups excluding carboxylic acids is 8. The molecule has 0 spiro atoms. The van der Waals surface area contributed by atoms with Crippen molar-refractivity contribution in [2.24, 2.45) is 17.8 Å². The van der Waals surface area contributed by atoms with E-state index < -0.39 is 23.6 Å². The lowest BCUT2D eigenvalue weighted by atomic mass is 9.95. The van der Waals surface area contributed by atoms with Crippen molar-refractivity contribution in [3.05, 3.63) is 292 Å². The Kier molecular flexibility index (Phi) is 29.9. The van der Waals surface area contributed by atoms with E-state index in [1.165, 1.54) is 0 Å². The van der Waals surface area contributed by atoms with Gasteiger partial charge in [-0.25, -0.2) is 41.1 Å². The summed E-state index contributed by atoms with van der Waals surface area (Å²) >= 11 is 0. The average Bonchev–Trinajstić information content (AvgIpc) is 1.80. The zero-order valence-electron chi connectivity index (χ0n) is 60.9. The summed E-state index contributed by atoms with van der Waals surface area (Å²) in [6, 6.07) is 69.8. The number of nitrogens with one attached hydrogen (secondary N) is 12. The van der Waals surface area contributed by atoms with Gasteiger partial charge in [0.05, 0.1) is 53.8 Å². The number of benzene rings is 10. The average molecular weight is 1470 g/mol. The van der Waals surface area contributed by atoms with Crippen LogP contribution in [0.5, 0.6) is 5.75 Å². The van der Waals surface area contributed by atoms with Gasteiger partial charge in [0.15, 0.2) is 0 Å². The Bertz CT molecular complexity index is 4790. The molecular formula is C83H87N13O13. The molecule has 12 amide bonds. The van der Waals surface area contributed by atoms with E-state index in [1.54, 1.807) is 143 Å². The topological polar surface area (TPSA) is 395 Å². The number of ether oxygens (including phenoxy) is 1. The molecule has 109 heavy (non-hydrogen) atoms. The van der Waals surface area contributed by atoms with E-state index >= 15 is 0 Å². The summed E-state index contributed by atoms with van der Waals surface area (Å²) < 4.78 is 5.47. The van der Waals surface area contributed by atoms with E-state index in [0.717, 1.165) is 67.6 Å². The summed E-state index contributed by atoms with van der Waals surface area (Å²) in [5, 5.41) is 68.8. The van der Waals surface area contributed by atoms with Crippen LogP contribution in [0.25, 0.3) is 21.9 Å². The van der Waals surface area contributed by atoms with Crippen molar-refractivity contribution in [2.45, 2.75) is 79.1 Å². The van der Waals surface area contributed by atoms with Crippen molar-refractivity contribution in [3.8, 4) is 22.9 Å². The number of urea groups is 4. The molecular weight excluding hydrogens is 1390 g/mol. The fourth-order valence-electron chi connectivity index (χ4n) is 11.7. The molecule has 0 unspecified atom stereocenters. The molecule has 0 aromatic heterocycles. The Morgan fingerprint density at radius 1 is 0.385 bits per heavy atom. The van der Waals surface area contributed by atoms with Crippen LogP contribution < -0.4 is 69.2 Å². The monoisotopic (exact) mass is 1470 g/mol. The van der Waals surface area contributed by atoms with Crippen molar-refractivity contribution >= 4 is 81.3 Å². The third-order valence-electron chi connectivity index (χ3n) is 17.4. The highest BCUT2D eigenvalue weighted by Crippen LogP contribution is 2.32. The highest BCUT2D eigenvalue weighted by Gasteiger charge is 2.24. The van der Waals surface area contributed by atoms with E-state index in [4.69, 9.17) is 30.8 Å². The maximum atomic E-state index is 12.6. The van der Waals surface area contributed by atoms with Gasteiger partial charge in [0.1, 0.15) is 5.75 Å². The maximum absolute atomic E-state index is 12.6. The quantitative estimate of drug-likeness (QED) is 0.0249. The van der Waals surface area contributed by atoms with Gasteiger partial charge in [-0.15, -0.1) is 0 Å². The molecule has 0 bridgehead atoms. The van der Waals surface area contributed by atoms with E-state index in [1.807, 2.05) is 170 Å². The predicted octanol–water partition coefficient (Wildman–Crippen LogP) is 15.3. The molecule has 26 heteroatoms. The zero-order valence-corrected chi connectivity index (χ0v) is 60.9. The van der Waals surface area contributed by atoms with Gasteiger partial charge in [-0.3, -0.25) is 40.0 Å². The molecule has 0 saturated heterocycles. The molecule has 1 heterocycles. The van der Waals surface area contributed by atoms with Crippen molar-refractivity contribution in [3.63, 3.8) is 0 Å². The van der Waals surface area contributed by atoms with Crippen LogP contribution in [0.1, 0.15) is 147 Å². The van der Waals surface area contributed by atoms with E-state index in [2.05, 4.69) is 42.5 Å². The van der Waals surface area contributed by atoms with Gasteiger partial charge < -0.3 is 47.3 Å². The molecule has 1 aliphatic rings. The van der Waals surface area contributed by atoms with Crippen LogP contribution in [0.2, 0.25) is 0 Å². The number of hydrogen-bond donors (Lipinski definition) is 16. The van der Waals surface area contributed by atoms with Crippen LogP contribution in [0.3, 0.4) is 0 Å². The number of rotatable bonds is 20. The second-order valence-electron chi connectivity index (χ2n) is 26.1. The van der Waals surface area contributed by atoms with Crippen LogP contribution in [-0.4, -0.2) is 75.2 Å². The highest BCUT2D eigenvalue weighted by molar-refractivity contribution is 6.02. The predicted molar refractivity (Wildman–Crippen MR) is 415 cm³/mol. The first-order valence-corrected chi connectivity index (χ1v) is 34.9. The first-order valence-electron chi connectivity index (χ1n) is 34.9. The van der Waals surface area contributed by atoms with E-state index in [0.29, 0.717) is 51.5 Å². The number of nitriles is 1. The Labute approximate surface area is 630 Å². The van der Waals surface area contributed by atoms with Crippen molar-refractivity contribution in [1.29, 1.82) is 5.26 Å². The standard InChI is InChI=1S/C22H23N3O3.C22H21N3O3.C20H23N3O4.C19H20N4O3/c1-14(2)20(16-10-12-17(13-11-16)21(26)25-28)24-22(27)23-19-9-5-7-15-6-3-4-8-18(15)19;1-15(16-11-13-18(14-12-16)21(26)25-28)23-22(27)24-20-10-6-5-9-19(20)17-7-3-2-4-8-17;1-12(2)18(13-3-5-14(6-4-13)19(24)23-26)22-20(25)21-16-7-8-17-15(11-16)9-10-27-17;1-12(2)17(14-5-7-15(8-6-14)18(24)23-26)22-19(25)21-16-9-3-13(11-20)4-10-16/h3-14,20,28H,1-2H3,(H,25,26)(H2,23,24,27);2-15,28H,1H3,(H,25,26)(H2,23,24,27);3-8,11-12,18,26H,9-10H2,1-2H3,(H,23,24)(H2,21,22,25);3-10,12,17,26H,1-2H3,(H,23,24)(H2,21,22,25)/t20-;15-;18-;17-/m1111/s1. The number of hydrogen-bond acceptors (Lipinski definition) is 14. The third-order valence-corrected chi connectivity index (χ3v) is 17.4. The molecule has 16 N–H and O–H groups in total. The molecule has 1 aliphatic heterocycles. The number of nitrogens with zero attached hydrogens (tertiary/aromatic N) is 1. The van der Waals surface area contributed by atoms with Gasteiger partial charge >= 0.3 is 24.1 Å². The van der Waals surface area contributed by atoms with Crippen molar-refractivity contribution in [1.82, 2.24) is 43.2 Å². The lowest BCUT2D eigenvalue weighted by Gasteiger charge is -2.23. The normalized spacial score (nSPS) is 12.0. The van der Waals surface area contributed by atoms with Gasteiger partial charge in [0, 0.05) is 51.0 Å². The second kappa shape index (κ2) is 40.2. The summed E-state index contributed by atoms with van der Waals surface area (Å²) in [4.78, 5) is 95.6. The minimum Gasteiger partial charge on any atom is -0.493 e. The van der Waals surface area contributed by atoms with Gasteiger partial charge in [-0.05, 0) is 167 Å². The van der Waals surface area contributed by atoms with E-state index in [-0.39, 0.29) is 66.0 Å². The molecule has 4 atom stereocenters. The molecule has 562 valence electrons. The summed E-state index contributed by atoms with van der Waals surface area (Å²) in [7, 11) is 0. The molecule has 11 rings (SSSR count). The van der Waals surface area contributed by atoms with Gasteiger partial charge in [0.25, 0.3) is 23.6 Å². The van der Waals surface area contributed by atoms with Gasteiger partial charge in [-0.1, -0.05) is 175 Å². The summed E-state index contributed by atoms with van der Waals surface area (Å²) in [5.74, 6) is -1.07. The SMILES string of the molecule is CC(C)[C@@H](NC(=O)Nc1ccc(C#N)cc1)c1ccc(C(=O)NO)cc1.CC(C)[C@@H](NC(=O)Nc1ccc2c(c1)CCO2)c1ccc(C(=O)NO)cc1.CC(C)[C@@H](NC(=O)Nc1cccc2ccccc12)c1ccc(C(=O)NO)cc1.C[C@@H](NC(=O)Nc1ccccc1-c1ccccc1)c1ccc(C(=O)NO)cc1. The number of hydroxylamine groups is 4. The number of fused-ring (bicyclic) bond motifs is 2. The third kappa shape index (κ3) is 23.5.